The van der Waals surface area contributed by atoms with Gasteiger partial charge in [0.25, 0.3) is 0 Å². The Morgan fingerprint density at radius 3 is 1.61 bits per heavy atom. The lowest BCUT2D eigenvalue weighted by molar-refractivity contribution is -0.0142. The summed E-state index contributed by atoms with van der Waals surface area (Å²) in [6.45, 7) is 6.92. The first kappa shape index (κ1) is 20.1. The van der Waals surface area contributed by atoms with Crippen LogP contribution in [0.25, 0.3) is 0 Å². The van der Waals surface area contributed by atoms with Gasteiger partial charge in [-0.05, 0) is 30.0 Å². The highest BCUT2D eigenvalue weighted by Crippen LogP contribution is 2.40. The maximum atomic E-state index is 6.73. The minimum absolute atomic E-state index is 0.109. The van der Waals surface area contributed by atoms with Gasteiger partial charge in [-0.3, -0.25) is 0 Å². The molecule has 0 amide bonds. The average Bonchev–Trinajstić information content (AvgIpc) is 2.77. The molecule has 0 fully saturated rings. The number of benzene rings is 3. The molecule has 0 heterocycles. The number of rotatable bonds is 10. The molecule has 0 aliphatic rings. The topological polar surface area (TPSA) is 18.5 Å². The standard InChI is InChI=1S/C26H28O2/c1-3-20-27-22(2)19-21-28-26(23-13-7-4-8-14-23,24-15-9-5-10-16-24)25-17-11-6-12-18-25/h3-18,22H,1,19-21H2,2H3. The Hall–Kier alpha value is -2.68. The second-order valence-corrected chi connectivity index (χ2v) is 6.85. The molecule has 144 valence electrons. The molecule has 0 N–H and O–H groups in total. The molecule has 28 heavy (non-hydrogen) atoms. The summed E-state index contributed by atoms with van der Waals surface area (Å²) >= 11 is 0. The first-order valence-electron chi connectivity index (χ1n) is 9.80. The van der Waals surface area contributed by atoms with Crippen molar-refractivity contribution in [1.29, 1.82) is 0 Å². The summed E-state index contributed by atoms with van der Waals surface area (Å²) in [5.41, 5.74) is 2.69. The Morgan fingerprint density at radius 2 is 1.21 bits per heavy atom. The Balaban J connectivity index is 2.00. The van der Waals surface area contributed by atoms with Gasteiger partial charge >= 0.3 is 0 Å². The van der Waals surface area contributed by atoms with Crippen LogP contribution in [0.15, 0.2) is 104 Å². The zero-order chi connectivity index (χ0) is 19.7. The van der Waals surface area contributed by atoms with Gasteiger partial charge in [0, 0.05) is 0 Å². The van der Waals surface area contributed by atoms with Gasteiger partial charge in [-0.15, -0.1) is 6.58 Å². The Morgan fingerprint density at radius 1 is 0.786 bits per heavy atom. The van der Waals surface area contributed by atoms with Crippen LogP contribution in [0.4, 0.5) is 0 Å². The summed E-state index contributed by atoms with van der Waals surface area (Å²) in [4.78, 5) is 0. The van der Waals surface area contributed by atoms with Gasteiger partial charge in [0.15, 0.2) is 0 Å². The van der Waals surface area contributed by atoms with E-state index >= 15 is 0 Å². The maximum absolute atomic E-state index is 6.73. The molecular formula is C26H28O2. The van der Waals surface area contributed by atoms with Crippen molar-refractivity contribution in [2.24, 2.45) is 0 Å². The molecular weight excluding hydrogens is 344 g/mol. The molecule has 0 saturated heterocycles. The Kier molecular flexibility index (Phi) is 7.18. The van der Waals surface area contributed by atoms with E-state index in [0.29, 0.717) is 13.2 Å². The zero-order valence-electron chi connectivity index (χ0n) is 16.5. The third-order valence-electron chi connectivity index (χ3n) is 4.88. The second-order valence-electron chi connectivity index (χ2n) is 6.85. The van der Waals surface area contributed by atoms with Crippen LogP contribution in [-0.2, 0) is 15.1 Å². The van der Waals surface area contributed by atoms with Gasteiger partial charge in [0.05, 0.1) is 19.3 Å². The molecule has 1 unspecified atom stereocenters. The Labute approximate surface area is 168 Å². The van der Waals surface area contributed by atoms with E-state index < -0.39 is 5.60 Å². The van der Waals surface area contributed by atoms with E-state index in [-0.39, 0.29) is 6.10 Å². The number of hydrogen-bond acceptors (Lipinski definition) is 2. The molecule has 0 saturated carbocycles. The largest absolute Gasteiger partial charge is 0.374 e. The van der Waals surface area contributed by atoms with Crippen LogP contribution in [0, 0.1) is 0 Å². The van der Waals surface area contributed by atoms with Gasteiger partial charge in [-0.25, -0.2) is 0 Å². The summed E-state index contributed by atoms with van der Waals surface area (Å²) in [7, 11) is 0. The number of hydrogen-bond donors (Lipinski definition) is 0. The van der Waals surface area contributed by atoms with E-state index in [4.69, 9.17) is 9.47 Å². The molecule has 0 aliphatic carbocycles. The molecule has 2 nitrogen and oxygen atoms in total. The van der Waals surface area contributed by atoms with Gasteiger partial charge in [-0.2, -0.15) is 0 Å². The average molecular weight is 373 g/mol. The molecule has 0 bridgehead atoms. The highest BCUT2D eigenvalue weighted by molar-refractivity contribution is 5.47. The summed E-state index contributed by atoms with van der Waals surface area (Å²) in [5.74, 6) is 0. The van der Waals surface area contributed by atoms with Crippen molar-refractivity contribution in [2.45, 2.75) is 25.0 Å². The predicted molar refractivity (Wildman–Crippen MR) is 115 cm³/mol. The van der Waals surface area contributed by atoms with Crippen molar-refractivity contribution in [3.8, 4) is 0 Å². The SMILES string of the molecule is C=CCOC(C)CCOC(c1ccccc1)(c1ccccc1)c1ccccc1. The third kappa shape index (κ3) is 4.59. The minimum atomic E-state index is -0.665. The highest BCUT2D eigenvalue weighted by Gasteiger charge is 2.37. The number of ether oxygens (including phenoxy) is 2. The van der Waals surface area contributed by atoms with Crippen molar-refractivity contribution in [3.63, 3.8) is 0 Å². The lowest BCUT2D eigenvalue weighted by atomic mass is 9.80. The van der Waals surface area contributed by atoms with Gasteiger partial charge < -0.3 is 9.47 Å². The predicted octanol–water partition coefficient (Wildman–Crippen LogP) is 5.98. The van der Waals surface area contributed by atoms with Crippen LogP contribution in [-0.4, -0.2) is 19.3 Å². The fraction of sp³-hybridized carbons (Fsp3) is 0.231. The Bertz CT molecular complexity index is 731. The van der Waals surface area contributed by atoms with Crippen LogP contribution >= 0.6 is 0 Å². The monoisotopic (exact) mass is 372 g/mol. The van der Waals surface area contributed by atoms with Gasteiger partial charge in [-0.1, -0.05) is 97.1 Å². The van der Waals surface area contributed by atoms with E-state index in [0.717, 1.165) is 23.1 Å². The van der Waals surface area contributed by atoms with E-state index in [1.165, 1.54) is 0 Å². The maximum Gasteiger partial charge on any atom is 0.143 e. The zero-order valence-corrected chi connectivity index (χ0v) is 16.5. The molecule has 2 heteroatoms. The molecule has 0 aliphatic heterocycles. The molecule has 0 spiro atoms. The molecule has 0 radical (unpaired) electrons. The van der Waals surface area contributed by atoms with Crippen LogP contribution in [0.1, 0.15) is 30.0 Å². The summed E-state index contributed by atoms with van der Waals surface area (Å²) in [5, 5.41) is 0. The molecule has 1 atom stereocenters. The van der Waals surface area contributed by atoms with E-state index in [2.05, 4.69) is 86.3 Å². The van der Waals surface area contributed by atoms with E-state index in [1.54, 1.807) is 6.08 Å². The van der Waals surface area contributed by atoms with Crippen LogP contribution < -0.4 is 0 Å². The van der Waals surface area contributed by atoms with Gasteiger partial charge in [0.2, 0.25) is 0 Å². The third-order valence-corrected chi connectivity index (χ3v) is 4.88. The van der Waals surface area contributed by atoms with Gasteiger partial charge in [0.1, 0.15) is 5.60 Å². The van der Waals surface area contributed by atoms with Crippen molar-refractivity contribution in [2.75, 3.05) is 13.2 Å². The summed E-state index contributed by atoms with van der Waals surface area (Å²) < 4.78 is 12.5. The fourth-order valence-electron chi connectivity index (χ4n) is 3.46. The molecule has 0 aromatic heterocycles. The normalized spacial score (nSPS) is 12.5. The fourth-order valence-corrected chi connectivity index (χ4v) is 3.46. The second kappa shape index (κ2) is 10.0. The summed E-state index contributed by atoms with van der Waals surface area (Å²) in [6, 6.07) is 31.3. The van der Waals surface area contributed by atoms with E-state index in [9.17, 15) is 0 Å². The van der Waals surface area contributed by atoms with Crippen LogP contribution in [0.3, 0.4) is 0 Å². The smallest absolute Gasteiger partial charge is 0.143 e. The van der Waals surface area contributed by atoms with E-state index in [1.807, 2.05) is 18.2 Å². The van der Waals surface area contributed by atoms with Crippen molar-refractivity contribution < 1.29 is 9.47 Å². The van der Waals surface area contributed by atoms with Crippen molar-refractivity contribution >= 4 is 0 Å². The van der Waals surface area contributed by atoms with Crippen LogP contribution in [0.2, 0.25) is 0 Å². The molecule has 3 aromatic rings. The lowest BCUT2D eigenvalue weighted by Crippen LogP contribution is -2.34. The lowest BCUT2D eigenvalue weighted by Gasteiger charge is -2.36. The van der Waals surface area contributed by atoms with Crippen molar-refractivity contribution in [1.82, 2.24) is 0 Å². The first-order valence-corrected chi connectivity index (χ1v) is 9.80. The first-order chi connectivity index (χ1) is 13.8. The van der Waals surface area contributed by atoms with Crippen LogP contribution in [0.5, 0.6) is 0 Å². The minimum Gasteiger partial charge on any atom is -0.374 e. The molecule has 3 aromatic carbocycles. The van der Waals surface area contributed by atoms with Crippen molar-refractivity contribution in [3.05, 3.63) is 120 Å². The quantitative estimate of drug-likeness (QED) is 0.322. The summed E-state index contributed by atoms with van der Waals surface area (Å²) in [6.07, 6.45) is 2.69. The molecule has 3 rings (SSSR count). The highest BCUT2D eigenvalue weighted by atomic mass is 16.5.